The average Bonchev–Trinajstić information content (AvgIpc) is 3.44. The van der Waals surface area contributed by atoms with Crippen molar-refractivity contribution in [2.45, 2.75) is 64.7 Å². The maximum absolute atomic E-state index is 13.6. The molecule has 0 aliphatic carbocycles. The zero-order chi connectivity index (χ0) is 25.3. The lowest BCUT2D eigenvalue weighted by atomic mass is 9.88. The molecule has 3 aromatic rings. The molecule has 35 heavy (non-hydrogen) atoms. The van der Waals surface area contributed by atoms with Gasteiger partial charge >= 0.3 is 0 Å². The summed E-state index contributed by atoms with van der Waals surface area (Å²) < 4.78 is 1.87. The van der Waals surface area contributed by atoms with Crippen LogP contribution in [0.5, 0.6) is 0 Å². The van der Waals surface area contributed by atoms with Crippen molar-refractivity contribution >= 4 is 40.7 Å². The second kappa shape index (κ2) is 10.2. The largest absolute Gasteiger partial charge is 0.352 e. The third kappa shape index (κ3) is 5.33. The van der Waals surface area contributed by atoms with Gasteiger partial charge in [0.25, 0.3) is 0 Å². The quantitative estimate of drug-likeness (QED) is 0.467. The molecule has 0 unspecified atom stereocenters. The number of rotatable bonds is 6. The van der Waals surface area contributed by atoms with Crippen LogP contribution in [-0.4, -0.2) is 39.9 Å². The Bertz CT molecular complexity index is 1190. The Morgan fingerprint density at radius 3 is 2.54 bits per heavy atom. The van der Waals surface area contributed by atoms with E-state index in [1.165, 1.54) is 4.88 Å². The molecule has 2 amide bonds. The van der Waals surface area contributed by atoms with Gasteiger partial charge in [-0.1, -0.05) is 51.5 Å². The fourth-order valence-electron chi connectivity index (χ4n) is 4.17. The van der Waals surface area contributed by atoms with Crippen molar-refractivity contribution in [2.24, 2.45) is 0 Å². The Kier molecular flexibility index (Phi) is 7.43. The Balaban J connectivity index is 1.95. The van der Waals surface area contributed by atoms with Gasteiger partial charge in [-0.15, -0.1) is 23.1 Å². The van der Waals surface area contributed by atoms with Crippen LogP contribution in [0.2, 0.25) is 0 Å². The second-order valence-electron chi connectivity index (χ2n) is 10.1. The van der Waals surface area contributed by atoms with Crippen LogP contribution in [0.1, 0.15) is 68.0 Å². The van der Waals surface area contributed by atoms with Crippen molar-refractivity contribution in [3.05, 3.63) is 63.5 Å². The van der Waals surface area contributed by atoms with Gasteiger partial charge in [-0.2, -0.15) is 5.10 Å². The van der Waals surface area contributed by atoms with Crippen LogP contribution in [0.4, 0.5) is 5.82 Å². The molecule has 0 spiro atoms. The molecule has 1 N–H and O–H groups in total. The number of benzene rings is 1. The van der Waals surface area contributed by atoms with Crippen molar-refractivity contribution in [1.82, 2.24) is 15.1 Å². The molecule has 1 aromatic carbocycles. The van der Waals surface area contributed by atoms with E-state index in [0.717, 1.165) is 28.9 Å². The van der Waals surface area contributed by atoms with Crippen LogP contribution < -0.4 is 10.2 Å². The molecular weight excluding hydrogens is 476 g/mol. The first-order valence-corrected chi connectivity index (χ1v) is 14.0. The van der Waals surface area contributed by atoms with Crippen LogP contribution in [0, 0.1) is 6.92 Å². The van der Waals surface area contributed by atoms with Gasteiger partial charge < -0.3 is 5.32 Å². The average molecular weight is 511 g/mol. The Labute approximate surface area is 216 Å². The van der Waals surface area contributed by atoms with Gasteiger partial charge in [0.15, 0.2) is 0 Å². The number of aryl methyl sites for hydroxylation is 1. The summed E-state index contributed by atoms with van der Waals surface area (Å²) in [5, 5.41) is 10.2. The summed E-state index contributed by atoms with van der Waals surface area (Å²) in [6.45, 7) is 12.5. The van der Waals surface area contributed by atoms with Crippen molar-refractivity contribution in [2.75, 3.05) is 17.2 Å². The highest BCUT2D eigenvalue weighted by Gasteiger charge is 2.40. The minimum atomic E-state index is -0.256. The first-order chi connectivity index (χ1) is 16.6. The number of thiophene rings is 1. The molecule has 186 valence electrons. The van der Waals surface area contributed by atoms with Gasteiger partial charge in [-0.05, 0) is 43.8 Å². The van der Waals surface area contributed by atoms with Gasteiger partial charge in [0.05, 0.1) is 22.4 Å². The standard InChI is InChI=1S/C27H34N4O2S2/c1-7-18(3)28-21(32)15-30-22(33)16-35-24(20-9-8-14-34-20)23-25(27(4,5)6)29-31(26(23)30)19-12-10-17(2)11-13-19/h8-14,18,24H,7,15-16H2,1-6H3,(H,28,32)/t18-,24+/m0/s1. The van der Waals surface area contributed by atoms with E-state index in [1.807, 2.05) is 55.8 Å². The van der Waals surface area contributed by atoms with E-state index in [9.17, 15) is 9.59 Å². The van der Waals surface area contributed by atoms with E-state index in [4.69, 9.17) is 5.10 Å². The summed E-state index contributed by atoms with van der Waals surface area (Å²) in [6, 6.07) is 12.4. The van der Waals surface area contributed by atoms with Gasteiger partial charge in [0.2, 0.25) is 11.8 Å². The smallest absolute Gasteiger partial charge is 0.240 e. The predicted molar refractivity (Wildman–Crippen MR) is 146 cm³/mol. The highest BCUT2D eigenvalue weighted by Crippen LogP contribution is 2.49. The molecule has 2 aromatic heterocycles. The van der Waals surface area contributed by atoms with Gasteiger partial charge in [0.1, 0.15) is 12.4 Å². The van der Waals surface area contributed by atoms with Gasteiger partial charge in [-0.3, -0.25) is 14.5 Å². The summed E-state index contributed by atoms with van der Waals surface area (Å²) in [5.41, 5.74) is 3.73. The van der Waals surface area contributed by atoms with Crippen LogP contribution >= 0.6 is 23.1 Å². The van der Waals surface area contributed by atoms with Crippen LogP contribution in [0.3, 0.4) is 0 Å². The Morgan fingerprint density at radius 2 is 1.94 bits per heavy atom. The number of anilines is 1. The minimum Gasteiger partial charge on any atom is -0.352 e. The maximum atomic E-state index is 13.6. The molecule has 8 heteroatoms. The SMILES string of the molecule is CC[C@H](C)NC(=O)CN1C(=O)CS[C@H](c2cccs2)c2c(C(C)(C)C)nn(-c3ccc(C)cc3)c21. The number of thioether (sulfide) groups is 1. The van der Waals surface area contributed by atoms with E-state index in [-0.39, 0.29) is 35.1 Å². The predicted octanol–water partition coefficient (Wildman–Crippen LogP) is 5.62. The summed E-state index contributed by atoms with van der Waals surface area (Å²) >= 11 is 3.31. The highest BCUT2D eigenvalue weighted by molar-refractivity contribution is 8.00. The topological polar surface area (TPSA) is 67.2 Å². The van der Waals surface area contributed by atoms with Gasteiger partial charge in [-0.25, -0.2) is 4.68 Å². The molecule has 0 radical (unpaired) electrons. The summed E-state index contributed by atoms with van der Waals surface area (Å²) in [4.78, 5) is 29.4. The van der Waals surface area contributed by atoms with E-state index in [2.05, 4.69) is 37.5 Å². The molecular formula is C27H34N4O2S2. The molecule has 2 atom stereocenters. The normalized spacial score (nSPS) is 17.1. The summed E-state index contributed by atoms with van der Waals surface area (Å²) in [5.74, 6) is 0.757. The van der Waals surface area contributed by atoms with Gasteiger partial charge in [0, 0.05) is 21.9 Å². The molecule has 0 fully saturated rings. The molecule has 1 aliphatic heterocycles. The number of amides is 2. The summed E-state index contributed by atoms with van der Waals surface area (Å²) in [7, 11) is 0. The molecule has 0 bridgehead atoms. The van der Waals surface area contributed by atoms with Crippen molar-refractivity contribution in [3.63, 3.8) is 0 Å². The fraction of sp³-hybridized carbons (Fsp3) is 0.444. The fourth-order valence-corrected chi connectivity index (χ4v) is 6.35. The number of carbonyl (C=O) groups is 2. The molecule has 4 rings (SSSR count). The third-order valence-corrected chi connectivity index (χ3v) is 8.52. The number of fused-ring (bicyclic) bond motifs is 1. The zero-order valence-electron chi connectivity index (χ0n) is 21.3. The monoisotopic (exact) mass is 510 g/mol. The maximum Gasteiger partial charge on any atom is 0.240 e. The molecule has 3 heterocycles. The number of hydrogen-bond acceptors (Lipinski definition) is 5. The number of nitrogens with zero attached hydrogens (tertiary/aromatic N) is 3. The minimum absolute atomic E-state index is 0.0327. The second-order valence-corrected chi connectivity index (χ2v) is 12.2. The number of nitrogens with one attached hydrogen (secondary N) is 1. The van der Waals surface area contributed by atoms with E-state index >= 15 is 0 Å². The van der Waals surface area contributed by atoms with Crippen LogP contribution in [-0.2, 0) is 15.0 Å². The van der Waals surface area contributed by atoms with Crippen molar-refractivity contribution in [3.8, 4) is 5.69 Å². The van der Waals surface area contributed by atoms with E-state index in [0.29, 0.717) is 11.6 Å². The highest BCUT2D eigenvalue weighted by atomic mass is 32.2. The first kappa shape index (κ1) is 25.5. The van der Waals surface area contributed by atoms with E-state index in [1.54, 1.807) is 28.0 Å². The molecule has 1 aliphatic rings. The van der Waals surface area contributed by atoms with Crippen LogP contribution in [0.15, 0.2) is 41.8 Å². The lowest BCUT2D eigenvalue weighted by Gasteiger charge is -2.24. The lowest BCUT2D eigenvalue weighted by molar-refractivity contribution is -0.123. The zero-order valence-corrected chi connectivity index (χ0v) is 22.9. The molecule has 0 saturated heterocycles. The first-order valence-electron chi connectivity index (χ1n) is 12.0. The number of carbonyl (C=O) groups excluding carboxylic acids is 2. The lowest BCUT2D eigenvalue weighted by Crippen LogP contribution is -2.44. The Hall–Kier alpha value is -2.58. The summed E-state index contributed by atoms with van der Waals surface area (Å²) in [6.07, 6.45) is 0.830. The van der Waals surface area contributed by atoms with Crippen LogP contribution in [0.25, 0.3) is 5.69 Å². The third-order valence-electron chi connectivity index (χ3n) is 6.20. The molecule has 6 nitrogen and oxygen atoms in total. The van der Waals surface area contributed by atoms with E-state index < -0.39 is 0 Å². The Morgan fingerprint density at radius 1 is 1.23 bits per heavy atom. The van der Waals surface area contributed by atoms with Crippen molar-refractivity contribution < 1.29 is 9.59 Å². The van der Waals surface area contributed by atoms with Crippen molar-refractivity contribution in [1.29, 1.82) is 0 Å². The number of hydrogen-bond donors (Lipinski definition) is 1. The molecule has 0 saturated carbocycles. The number of aromatic nitrogens is 2.